The van der Waals surface area contributed by atoms with E-state index >= 15 is 0 Å². The summed E-state index contributed by atoms with van der Waals surface area (Å²) in [6, 6.07) is 10.5. The Labute approximate surface area is 185 Å². The van der Waals surface area contributed by atoms with Crippen molar-refractivity contribution in [3.63, 3.8) is 0 Å². The van der Waals surface area contributed by atoms with E-state index < -0.39 is 0 Å². The summed E-state index contributed by atoms with van der Waals surface area (Å²) in [5.74, 6) is 2.80. The van der Waals surface area contributed by atoms with Crippen molar-refractivity contribution in [3.8, 4) is 0 Å². The molecular weight excluding hydrogens is 388 g/mol. The molecule has 1 saturated carbocycles. The van der Waals surface area contributed by atoms with Gasteiger partial charge in [-0.05, 0) is 31.7 Å². The van der Waals surface area contributed by atoms with Gasteiger partial charge in [-0.2, -0.15) is 0 Å². The maximum absolute atomic E-state index is 12.6. The van der Waals surface area contributed by atoms with Crippen LogP contribution in [0.3, 0.4) is 0 Å². The van der Waals surface area contributed by atoms with Crippen LogP contribution in [0.4, 0.5) is 0 Å². The minimum absolute atomic E-state index is 0.0833. The van der Waals surface area contributed by atoms with Crippen molar-refractivity contribution in [2.45, 2.75) is 58.4 Å². The Morgan fingerprint density at radius 3 is 2.42 bits per heavy atom. The van der Waals surface area contributed by atoms with Crippen molar-refractivity contribution in [2.75, 3.05) is 37.7 Å². The number of piperazine rings is 1. The lowest BCUT2D eigenvalue weighted by atomic mass is 9.84. The van der Waals surface area contributed by atoms with Crippen LogP contribution < -0.4 is 10.3 Å². The molecule has 2 heterocycles. The van der Waals surface area contributed by atoms with E-state index in [9.17, 15) is 4.79 Å². The molecule has 1 atom stereocenters. The summed E-state index contributed by atoms with van der Waals surface area (Å²) in [5, 5.41) is 14.4. The predicted octanol–water partition coefficient (Wildman–Crippen LogP) is 3.01. The standard InChI is InChI=1S/C24H36N6O/c1-18(2)23-27-26-19(3)30(23)29-16-14-28(15-17-29)13-12-22(20-8-5-4-6-9-20)25-24(31)21-10-7-11-21/h4-6,8-9,18,21-22H,7,10-17H2,1-3H3,(H,25,31)/t22-/m0/s1. The molecule has 7 heteroatoms. The lowest BCUT2D eigenvalue weighted by Gasteiger charge is -2.38. The molecule has 0 spiro atoms. The summed E-state index contributed by atoms with van der Waals surface area (Å²) in [4.78, 5) is 15.1. The van der Waals surface area contributed by atoms with Gasteiger partial charge in [-0.3, -0.25) is 9.69 Å². The van der Waals surface area contributed by atoms with E-state index in [4.69, 9.17) is 0 Å². The van der Waals surface area contributed by atoms with E-state index in [1.807, 2.05) is 13.0 Å². The molecule has 0 unspecified atom stereocenters. The summed E-state index contributed by atoms with van der Waals surface area (Å²) in [7, 11) is 0. The molecule has 2 aliphatic rings. The van der Waals surface area contributed by atoms with Gasteiger partial charge in [0.15, 0.2) is 5.82 Å². The zero-order chi connectivity index (χ0) is 21.8. The summed E-state index contributed by atoms with van der Waals surface area (Å²) in [6.07, 6.45) is 4.20. The van der Waals surface area contributed by atoms with Gasteiger partial charge in [0.2, 0.25) is 5.91 Å². The zero-order valence-electron chi connectivity index (χ0n) is 19.1. The minimum atomic E-state index is 0.0833. The van der Waals surface area contributed by atoms with E-state index in [-0.39, 0.29) is 17.9 Å². The summed E-state index contributed by atoms with van der Waals surface area (Å²) in [5.41, 5.74) is 1.20. The Balaban J connectivity index is 1.33. The van der Waals surface area contributed by atoms with Gasteiger partial charge in [-0.1, -0.05) is 50.6 Å². The Hall–Kier alpha value is -2.41. The molecule has 31 heavy (non-hydrogen) atoms. The minimum Gasteiger partial charge on any atom is -0.349 e. The van der Waals surface area contributed by atoms with Gasteiger partial charge in [0, 0.05) is 44.6 Å². The number of hydrogen-bond acceptors (Lipinski definition) is 5. The molecule has 1 amide bonds. The number of rotatable bonds is 8. The Bertz CT molecular complexity index is 852. The van der Waals surface area contributed by atoms with Gasteiger partial charge in [-0.15, -0.1) is 10.2 Å². The predicted molar refractivity (Wildman–Crippen MR) is 123 cm³/mol. The van der Waals surface area contributed by atoms with Gasteiger partial charge in [0.1, 0.15) is 5.82 Å². The molecule has 1 N–H and O–H groups in total. The van der Waals surface area contributed by atoms with E-state index in [0.717, 1.165) is 63.6 Å². The van der Waals surface area contributed by atoms with Crippen LogP contribution in [0.1, 0.15) is 68.7 Å². The first kappa shape index (κ1) is 21.8. The van der Waals surface area contributed by atoms with E-state index in [2.05, 4.69) is 68.2 Å². The maximum atomic E-state index is 12.6. The summed E-state index contributed by atoms with van der Waals surface area (Å²) >= 11 is 0. The van der Waals surface area contributed by atoms with Crippen molar-refractivity contribution in [3.05, 3.63) is 47.5 Å². The largest absolute Gasteiger partial charge is 0.349 e. The molecule has 168 valence electrons. The Morgan fingerprint density at radius 2 is 1.81 bits per heavy atom. The average molecular weight is 425 g/mol. The molecule has 1 saturated heterocycles. The molecule has 4 rings (SSSR count). The Morgan fingerprint density at radius 1 is 1.10 bits per heavy atom. The number of carbonyl (C=O) groups is 1. The first-order valence-electron chi connectivity index (χ1n) is 11.8. The van der Waals surface area contributed by atoms with Gasteiger partial charge in [-0.25, -0.2) is 4.68 Å². The molecule has 1 aliphatic carbocycles. The number of hydrogen-bond donors (Lipinski definition) is 1. The summed E-state index contributed by atoms with van der Waals surface area (Å²) < 4.78 is 2.20. The molecule has 1 aliphatic heterocycles. The van der Waals surface area contributed by atoms with Crippen molar-refractivity contribution in [1.29, 1.82) is 0 Å². The van der Waals surface area contributed by atoms with Gasteiger partial charge < -0.3 is 10.3 Å². The number of aromatic nitrogens is 3. The number of amides is 1. The molecule has 1 aromatic heterocycles. The summed E-state index contributed by atoms with van der Waals surface area (Å²) in [6.45, 7) is 11.3. The molecule has 1 aromatic carbocycles. The van der Waals surface area contributed by atoms with Gasteiger partial charge in [0.25, 0.3) is 0 Å². The van der Waals surface area contributed by atoms with Crippen LogP contribution in [-0.2, 0) is 4.79 Å². The third-order valence-electron chi connectivity index (χ3n) is 6.70. The fourth-order valence-electron chi connectivity index (χ4n) is 4.52. The van der Waals surface area contributed by atoms with Crippen molar-refractivity contribution in [1.82, 2.24) is 25.1 Å². The lowest BCUT2D eigenvalue weighted by molar-refractivity contribution is -0.128. The average Bonchev–Trinajstić information content (AvgIpc) is 3.12. The van der Waals surface area contributed by atoms with Gasteiger partial charge in [0.05, 0.1) is 6.04 Å². The monoisotopic (exact) mass is 424 g/mol. The molecule has 2 aromatic rings. The number of benzene rings is 1. The van der Waals surface area contributed by atoms with Crippen molar-refractivity contribution in [2.24, 2.45) is 5.92 Å². The number of nitrogens with zero attached hydrogens (tertiary/aromatic N) is 5. The molecule has 0 bridgehead atoms. The van der Waals surface area contributed by atoms with E-state index in [1.165, 1.54) is 12.0 Å². The highest BCUT2D eigenvalue weighted by atomic mass is 16.2. The highest BCUT2D eigenvalue weighted by Gasteiger charge is 2.28. The van der Waals surface area contributed by atoms with Crippen LogP contribution in [0.15, 0.2) is 30.3 Å². The van der Waals surface area contributed by atoms with Crippen LogP contribution in [0.5, 0.6) is 0 Å². The first-order chi connectivity index (χ1) is 15.0. The second-order valence-corrected chi connectivity index (χ2v) is 9.26. The topological polar surface area (TPSA) is 66.3 Å². The maximum Gasteiger partial charge on any atom is 0.223 e. The SMILES string of the molecule is Cc1nnc(C(C)C)n1N1CCN(CC[C@H](NC(=O)C2CCC2)c2ccccc2)CC1. The second-order valence-electron chi connectivity index (χ2n) is 9.26. The lowest BCUT2D eigenvalue weighted by Crippen LogP contribution is -2.52. The van der Waals surface area contributed by atoms with Crippen LogP contribution in [0.25, 0.3) is 0 Å². The fourth-order valence-corrected chi connectivity index (χ4v) is 4.52. The third kappa shape index (κ3) is 5.09. The van der Waals surface area contributed by atoms with E-state index in [0.29, 0.717) is 5.92 Å². The van der Waals surface area contributed by atoms with Crippen LogP contribution in [0, 0.1) is 12.8 Å². The van der Waals surface area contributed by atoms with E-state index in [1.54, 1.807) is 0 Å². The quantitative estimate of drug-likeness (QED) is 0.706. The number of carbonyl (C=O) groups excluding carboxylic acids is 1. The highest BCUT2D eigenvalue weighted by Crippen LogP contribution is 2.28. The first-order valence-corrected chi connectivity index (χ1v) is 11.8. The van der Waals surface area contributed by atoms with Crippen LogP contribution in [-0.4, -0.2) is 58.4 Å². The molecular formula is C24H36N6O. The second kappa shape index (κ2) is 9.81. The molecule has 0 radical (unpaired) electrons. The molecule has 2 fully saturated rings. The number of aryl methyl sites for hydroxylation is 1. The third-order valence-corrected chi connectivity index (χ3v) is 6.70. The number of nitrogens with one attached hydrogen (secondary N) is 1. The smallest absolute Gasteiger partial charge is 0.223 e. The Kier molecular flexibility index (Phi) is 6.90. The highest BCUT2D eigenvalue weighted by molar-refractivity contribution is 5.79. The van der Waals surface area contributed by atoms with Gasteiger partial charge >= 0.3 is 0 Å². The van der Waals surface area contributed by atoms with Crippen LogP contribution >= 0.6 is 0 Å². The van der Waals surface area contributed by atoms with Crippen LogP contribution in [0.2, 0.25) is 0 Å². The zero-order valence-corrected chi connectivity index (χ0v) is 19.1. The molecule has 7 nitrogen and oxygen atoms in total. The normalized spacial score (nSPS) is 18.8. The fraction of sp³-hybridized carbons (Fsp3) is 0.625. The van der Waals surface area contributed by atoms with Crippen molar-refractivity contribution < 1.29 is 4.79 Å². The van der Waals surface area contributed by atoms with Crippen molar-refractivity contribution >= 4 is 5.91 Å².